The minimum absolute atomic E-state index is 0.0117. The van der Waals surface area contributed by atoms with Gasteiger partial charge in [-0.25, -0.2) is 0 Å². The largest absolute Gasteiger partial charge is 0.358 e. The molecule has 0 spiro atoms. The zero-order valence-corrected chi connectivity index (χ0v) is 22.0. The summed E-state index contributed by atoms with van der Waals surface area (Å²) in [6.45, 7) is 0.901. The van der Waals surface area contributed by atoms with Gasteiger partial charge in [-0.3, -0.25) is 28.8 Å². The number of aryl methyl sites for hydroxylation is 4. The highest BCUT2D eigenvalue weighted by molar-refractivity contribution is 5.81. The lowest BCUT2D eigenvalue weighted by atomic mass is 10.0. The monoisotopic (exact) mass is 520 g/mol. The number of hydrogen-bond donors (Lipinski definition) is 1. The van der Waals surface area contributed by atoms with Crippen LogP contribution in [0, 0.1) is 0 Å². The highest BCUT2D eigenvalue weighted by atomic mass is 16.1. The minimum Gasteiger partial charge on any atom is -0.358 e. The van der Waals surface area contributed by atoms with Crippen LogP contribution in [0.4, 0.5) is 0 Å². The van der Waals surface area contributed by atoms with Crippen molar-refractivity contribution in [2.45, 2.75) is 64.5 Å². The summed E-state index contributed by atoms with van der Waals surface area (Å²) in [7, 11) is 0. The number of carbonyl (C=O) groups is 1. The fourth-order valence-corrected chi connectivity index (χ4v) is 5.51. The van der Waals surface area contributed by atoms with E-state index in [1.54, 1.807) is 17.0 Å². The van der Waals surface area contributed by atoms with Gasteiger partial charge in [0.25, 0.3) is 5.56 Å². The molecule has 1 aromatic carbocycles. The van der Waals surface area contributed by atoms with Crippen LogP contribution >= 0.6 is 0 Å². The van der Waals surface area contributed by atoms with Gasteiger partial charge in [-0.1, -0.05) is 30.3 Å². The molecule has 0 atom stereocenters. The smallest absolute Gasteiger partial charge is 0.273 e. The second-order valence-electron chi connectivity index (χ2n) is 10.3. The zero-order valence-electron chi connectivity index (χ0n) is 22.0. The van der Waals surface area contributed by atoms with Gasteiger partial charge in [-0.05, 0) is 62.6 Å². The van der Waals surface area contributed by atoms with E-state index in [2.05, 4.69) is 32.2 Å². The second-order valence-corrected chi connectivity index (χ2v) is 10.3. The topological polar surface area (TPSA) is 98.5 Å². The molecule has 0 radical (unpaired) electrons. The number of Topliss-reactive ketones (excluding diaryl/α,β-unsaturated/α-hetero) is 1. The van der Waals surface area contributed by atoms with Crippen LogP contribution in [0.2, 0.25) is 0 Å². The van der Waals surface area contributed by atoms with Gasteiger partial charge in [0.15, 0.2) is 5.78 Å². The van der Waals surface area contributed by atoms with Gasteiger partial charge in [0.2, 0.25) is 0 Å². The molecule has 0 bridgehead atoms. The summed E-state index contributed by atoms with van der Waals surface area (Å²) in [5, 5.41) is 5.59. The van der Waals surface area contributed by atoms with E-state index in [9.17, 15) is 9.59 Å². The summed E-state index contributed by atoms with van der Waals surface area (Å²) in [6, 6.07) is 14.2. The number of pyridine rings is 1. The summed E-state index contributed by atoms with van der Waals surface area (Å²) < 4.78 is 3.66. The molecule has 0 unspecified atom stereocenters. The SMILES string of the molecule is O=C(CCc1cc2cnccc2[nH]1)Cn1c(-c2cnn3c2CCCC3)cnc(CCCc2ccccc2)c1=O. The molecule has 198 valence electrons. The Labute approximate surface area is 226 Å². The number of carbonyl (C=O) groups excluding carboxylic acids is 1. The predicted octanol–water partition coefficient (Wildman–Crippen LogP) is 4.70. The highest BCUT2D eigenvalue weighted by Gasteiger charge is 2.21. The Kier molecular flexibility index (Phi) is 7.17. The van der Waals surface area contributed by atoms with Gasteiger partial charge < -0.3 is 4.98 Å². The van der Waals surface area contributed by atoms with Gasteiger partial charge >= 0.3 is 0 Å². The standard InChI is InChI=1S/C31H32N6O2/c38-25(13-12-24-17-23-18-32-15-14-27(23)35-24)21-36-30(26-19-34-37-16-5-4-11-29(26)37)20-33-28(31(36)39)10-6-9-22-7-2-1-3-8-22/h1-3,7-8,14-15,17-20,35H,4-6,9-13,16,21H2. The van der Waals surface area contributed by atoms with Crippen LogP contribution in [-0.4, -0.2) is 35.1 Å². The fraction of sp³-hybridized carbons (Fsp3) is 0.323. The van der Waals surface area contributed by atoms with E-state index in [1.165, 1.54) is 5.56 Å². The summed E-state index contributed by atoms with van der Waals surface area (Å²) in [5.74, 6) is 0.0117. The third-order valence-corrected chi connectivity index (χ3v) is 7.59. The van der Waals surface area contributed by atoms with Crippen LogP contribution < -0.4 is 5.56 Å². The van der Waals surface area contributed by atoms with Crippen LogP contribution in [0.25, 0.3) is 22.2 Å². The van der Waals surface area contributed by atoms with Gasteiger partial charge in [0.05, 0.1) is 24.6 Å². The lowest BCUT2D eigenvalue weighted by Gasteiger charge is -2.17. The van der Waals surface area contributed by atoms with E-state index in [0.29, 0.717) is 30.7 Å². The van der Waals surface area contributed by atoms with Crippen LogP contribution in [0.15, 0.2) is 72.0 Å². The zero-order chi connectivity index (χ0) is 26.6. The molecular weight excluding hydrogens is 488 g/mol. The molecule has 1 aliphatic rings. The highest BCUT2D eigenvalue weighted by Crippen LogP contribution is 2.27. The number of benzene rings is 1. The first-order valence-electron chi connectivity index (χ1n) is 13.8. The number of rotatable bonds is 10. The predicted molar refractivity (Wildman–Crippen MR) is 151 cm³/mol. The van der Waals surface area contributed by atoms with Gasteiger partial charge in [0.1, 0.15) is 5.69 Å². The maximum Gasteiger partial charge on any atom is 0.273 e. The molecule has 4 aromatic heterocycles. The normalized spacial score (nSPS) is 13.0. The Bertz CT molecular complexity index is 1630. The molecule has 39 heavy (non-hydrogen) atoms. The van der Waals surface area contributed by atoms with Crippen LogP contribution in [-0.2, 0) is 43.6 Å². The molecule has 0 amide bonds. The number of nitrogens with zero attached hydrogens (tertiary/aromatic N) is 5. The average molecular weight is 521 g/mol. The molecule has 8 heteroatoms. The number of nitrogens with one attached hydrogen (secondary N) is 1. The van der Waals surface area contributed by atoms with Crippen molar-refractivity contribution >= 4 is 16.7 Å². The molecule has 0 fully saturated rings. The van der Waals surface area contributed by atoms with E-state index in [1.807, 2.05) is 47.4 Å². The summed E-state index contributed by atoms with van der Waals surface area (Å²) in [6.07, 6.45) is 13.4. The summed E-state index contributed by atoms with van der Waals surface area (Å²) >= 11 is 0. The number of aromatic nitrogens is 6. The van der Waals surface area contributed by atoms with Crippen molar-refractivity contribution < 1.29 is 4.79 Å². The molecule has 0 saturated carbocycles. The van der Waals surface area contributed by atoms with E-state index in [0.717, 1.165) is 66.5 Å². The molecule has 8 nitrogen and oxygen atoms in total. The average Bonchev–Trinajstić information content (AvgIpc) is 3.59. The Morgan fingerprint density at radius 3 is 2.77 bits per heavy atom. The minimum atomic E-state index is -0.179. The van der Waals surface area contributed by atoms with Crippen molar-refractivity contribution in [3.8, 4) is 11.3 Å². The molecule has 6 rings (SSSR count). The van der Waals surface area contributed by atoms with Gasteiger partial charge in [-0.2, -0.15) is 5.10 Å². The number of H-pyrrole nitrogens is 1. The van der Waals surface area contributed by atoms with E-state index < -0.39 is 0 Å². The Morgan fingerprint density at radius 2 is 1.90 bits per heavy atom. The molecule has 0 saturated heterocycles. The molecule has 5 heterocycles. The lowest BCUT2D eigenvalue weighted by molar-refractivity contribution is -0.119. The van der Waals surface area contributed by atoms with E-state index in [4.69, 9.17) is 0 Å². The van der Waals surface area contributed by atoms with E-state index in [-0.39, 0.29) is 17.9 Å². The fourth-order valence-electron chi connectivity index (χ4n) is 5.51. The van der Waals surface area contributed by atoms with Gasteiger partial charge in [-0.15, -0.1) is 0 Å². The maximum absolute atomic E-state index is 13.7. The molecule has 1 aliphatic heterocycles. The number of aromatic amines is 1. The molecular formula is C31H32N6O2. The van der Waals surface area contributed by atoms with Crippen LogP contribution in [0.3, 0.4) is 0 Å². The quantitative estimate of drug-likeness (QED) is 0.288. The number of fused-ring (bicyclic) bond motifs is 2. The lowest BCUT2D eigenvalue weighted by Crippen LogP contribution is -2.30. The number of ketones is 1. The van der Waals surface area contributed by atoms with Crippen LogP contribution in [0.5, 0.6) is 0 Å². The molecule has 0 aliphatic carbocycles. The second kappa shape index (κ2) is 11.2. The van der Waals surface area contributed by atoms with Crippen molar-refractivity contribution in [1.29, 1.82) is 0 Å². The molecule has 5 aromatic rings. The third kappa shape index (κ3) is 5.46. The first-order chi connectivity index (χ1) is 19.2. The van der Waals surface area contributed by atoms with Crippen molar-refractivity contribution in [2.75, 3.05) is 0 Å². The Morgan fingerprint density at radius 1 is 1.00 bits per heavy atom. The first-order valence-corrected chi connectivity index (χ1v) is 13.8. The van der Waals surface area contributed by atoms with E-state index >= 15 is 0 Å². The van der Waals surface area contributed by atoms with Crippen molar-refractivity contribution in [3.05, 3.63) is 100 Å². The van der Waals surface area contributed by atoms with Gasteiger partial charge in [0, 0.05) is 53.2 Å². The number of hydrogen-bond acceptors (Lipinski definition) is 5. The Hall–Kier alpha value is -4.33. The molecule has 1 N–H and O–H groups in total. The van der Waals surface area contributed by atoms with Crippen molar-refractivity contribution in [1.82, 2.24) is 29.3 Å². The summed E-state index contributed by atoms with van der Waals surface area (Å²) in [5.41, 5.74) is 6.27. The third-order valence-electron chi connectivity index (χ3n) is 7.59. The van der Waals surface area contributed by atoms with Crippen molar-refractivity contribution in [2.24, 2.45) is 0 Å². The van der Waals surface area contributed by atoms with Crippen molar-refractivity contribution in [3.63, 3.8) is 0 Å². The Balaban J connectivity index is 1.24. The first kappa shape index (κ1) is 25.0. The summed E-state index contributed by atoms with van der Waals surface area (Å²) in [4.78, 5) is 39.1. The maximum atomic E-state index is 13.7. The van der Waals surface area contributed by atoms with Crippen LogP contribution in [0.1, 0.15) is 48.3 Å².